The van der Waals surface area contributed by atoms with Crippen molar-refractivity contribution < 1.29 is 14.3 Å². The zero-order valence-corrected chi connectivity index (χ0v) is 17.9. The van der Waals surface area contributed by atoms with Crippen molar-refractivity contribution in [2.75, 3.05) is 7.11 Å². The van der Waals surface area contributed by atoms with E-state index in [-0.39, 0.29) is 17.9 Å². The second-order valence-corrected chi connectivity index (χ2v) is 8.42. The van der Waals surface area contributed by atoms with Crippen LogP contribution in [0.25, 0.3) is 0 Å². The number of amides is 2. The van der Waals surface area contributed by atoms with Crippen molar-refractivity contribution in [1.82, 2.24) is 25.4 Å². The van der Waals surface area contributed by atoms with E-state index in [4.69, 9.17) is 4.74 Å². The van der Waals surface area contributed by atoms with Gasteiger partial charge in [-0.15, -0.1) is 0 Å². The Balaban J connectivity index is 1.22. The van der Waals surface area contributed by atoms with Crippen LogP contribution in [-0.2, 0) is 29.7 Å². The number of benzene rings is 1. The van der Waals surface area contributed by atoms with E-state index in [2.05, 4.69) is 20.7 Å². The lowest BCUT2D eigenvalue weighted by atomic mass is 9.94. The van der Waals surface area contributed by atoms with Crippen LogP contribution in [0.2, 0.25) is 0 Å². The molecule has 1 fully saturated rings. The van der Waals surface area contributed by atoms with E-state index in [1.54, 1.807) is 25.7 Å². The van der Waals surface area contributed by atoms with E-state index >= 15 is 0 Å². The van der Waals surface area contributed by atoms with Crippen LogP contribution in [0.1, 0.15) is 40.0 Å². The largest absolute Gasteiger partial charge is 0.497 e. The predicted molar refractivity (Wildman–Crippen MR) is 117 cm³/mol. The number of hydrogen-bond donors (Lipinski definition) is 2. The summed E-state index contributed by atoms with van der Waals surface area (Å²) in [6.45, 7) is 0.970. The summed E-state index contributed by atoms with van der Waals surface area (Å²) in [4.78, 5) is 29.9. The lowest BCUT2D eigenvalue weighted by Gasteiger charge is -2.19. The molecule has 8 heteroatoms. The van der Waals surface area contributed by atoms with Crippen LogP contribution < -0.4 is 15.4 Å². The quantitative estimate of drug-likeness (QED) is 0.596. The van der Waals surface area contributed by atoms with Crippen LogP contribution in [0.15, 0.2) is 55.0 Å². The summed E-state index contributed by atoms with van der Waals surface area (Å²) in [5.74, 6) is 0.653. The fourth-order valence-electron chi connectivity index (χ4n) is 4.36. The molecule has 3 aromatic rings. The summed E-state index contributed by atoms with van der Waals surface area (Å²) in [5.41, 5.74) is 2.90. The molecule has 1 aliphatic carbocycles. The Kier molecular flexibility index (Phi) is 5.13. The molecule has 0 bridgehead atoms. The Morgan fingerprint density at radius 3 is 2.69 bits per heavy atom. The molecule has 0 radical (unpaired) electrons. The third kappa shape index (κ3) is 3.72. The maximum atomic E-state index is 13.1. The SMILES string of the molecule is COc1ccc(C2(C(=O)NC3Cc4c(C(=O)NCc5cccnc5)cnn4C3)CC2)cc1. The molecule has 1 atom stereocenters. The first-order chi connectivity index (χ1) is 15.6. The first kappa shape index (κ1) is 20.2. The zero-order chi connectivity index (χ0) is 22.1. The summed E-state index contributed by atoms with van der Waals surface area (Å²) in [6.07, 6.45) is 7.29. The number of ether oxygens (including phenoxy) is 1. The number of methoxy groups -OCH3 is 1. The minimum absolute atomic E-state index is 0.0426. The molecule has 0 saturated heterocycles. The number of nitrogens with one attached hydrogen (secondary N) is 2. The first-order valence-electron chi connectivity index (χ1n) is 10.8. The Morgan fingerprint density at radius 2 is 2.00 bits per heavy atom. The summed E-state index contributed by atoms with van der Waals surface area (Å²) >= 11 is 0. The van der Waals surface area contributed by atoms with Gasteiger partial charge in [0.05, 0.1) is 42.6 Å². The summed E-state index contributed by atoms with van der Waals surface area (Å²) in [7, 11) is 1.63. The third-order valence-corrected chi connectivity index (χ3v) is 6.36. The molecule has 2 N–H and O–H groups in total. The number of fused-ring (bicyclic) bond motifs is 1. The number of rotatable bonds is 7. The molecule has 2 aromatic heterocycles. The second kappa shape index (κ2) is 8.11. The van der Waals surface area contributed by atoms with Crippen molar-refractivity contribution in [3.63, 3.8) is 0 Å². The standard InChI is InChI=1S/C24H25N5O3/c1-32-19-6-4-17(5-7-19)24(8-9-24)23(31)28-18-11-21-20(14-27-29(21)15-18)22(30)26-13-16-3-2-10-25-12-16/h2-7,10,12,14,18H,8-9,11,13,15H2,1H3,(H,26,30)(H,28,31). The average Bonchev–Trinajstić information content (AvgIpc) is 3.42. The van der Waals surface area contributed by atoms with Crippen molar-refractivity contribution in [2.45, 2.75) is 43.8 Å². The summed E-state index contributed by atoms with van der Waals surface area (Å²) < 4.78 is 7.04. The molecule has 5 rings (SSSR count). The minimum atomic E-state index is -0.457. The van der Waals surface area contributed by atoms with E-state index < -0.39 is 5.41 Å². The van der Waals surface area contributed by atoms with Gasteiger partial charge in [0, 0.05) is 25.4 Å². The maximum Gasteiger partial charge on any atom is 0.255 e. The number of carbonyl (C=O) groups is 2. The van der Waals surface area contributed by atoms with Crippen molar-refractivity contribution in [3.8, 4) is 5.75 Å². The van der Waals surface area contributed by atoms with Crippen molar-refractivity contribution in [2.24, 2.45) is 0 Å². The number of pyridine rings is 1. The van der Waals surface area contributed by atoms with Crippen molar-refractivity contribution in [3.05, 3.63) is 77.4 Å². The molecule has 1 aliphatic heterocycles. The average molecular weight is 431 g/mol. The molecular weight excluding hydrogens is 406 g/mol. The van der Waals surface area contributed by atoms with Crippen LogP contribution in [0, 0.1) is 0 Å². The van der Waals surface area contributed by atoms with Crippen LogP contribution >= 0.6 is 0 Å². The third-order valence-electron chi connectivity index (χ3n) is 6.36. The van der Waals surface area contributed by atoms with Gasteiger partial charge in [-0.3, -0.25) is 19.3 Å². The molecule has 0 spiro atoms. The fourth-order valence-corrected chi connectivity index (χ4v) is 4.36. The lowest BCUT2D eigenvalue weighted by Crippen LogP contribution is -2.42. The van der Waals surface area contributed by atoms with E-state index in [9.17, 15) is 9.59 Å². The van der Waals surface area contributed by atoms with Gasteiger partial charge in [0.1, 0.15) is 5.75 Å². The highest BCUT2D eigenvalue weighted by Crippen LogP contribution is 2.48. The molecule has 164 valence electrons. The first-order valence-corrected chi connectivity index (χ1v) is 10.8. The molecule has 2 aliphatic rings. The molecule has 1 saturated carbocycles. The summed E-state index contributed by atoms with van der Waals surface area (Å²) in [6, 6.07) is 11.4. The fraction of sp³-hybridized carbons (Fsp3) is 0.333. The highest BCUT2D eigenvalue weighted by molar-refractivity contribution is 5.95. The minimum Gasteiger partial charge on any atom is -0.497 e. The highest BCUT2D eigenvalue weighted by atomic mass is 16.5. The second-order valence-electron chi connectivity index (χ2n) is 8.42. The van der Waals surface area contributed by atoms with Crippen molar-refractivity contribution in [1.29, 1.82) is 0 Å². The zero-order valence-electron chi connectivity index (χ0n) is 17.9. The van der Waals surface area contributed by atoms with Crippen LogP contribution in [0.4, 0.5) is 0 Å². The van der Waals surface area contributed by atoms with Crippen molar-refractivity contribution >= 4 is 11.8 Å². The number of aromatic nitrogens is 3. The smallest absolute Gasteiger partial charge is 0.255 e. The van der Waals surface area contributed by atoms with E-state index in [1.807, 2.05) is 41.1 Å². The molecule has 1 aromatic carbocycles. The lowest BCUT2D eigenvalue weighted by molar-refractivity contribution is -0.124. The Hall–Kier alpha value is -3.68. The Bertz CT molecular complexity index is 1140. The molecule has 3 heterocycles. The number of carbonyl (C=O) groups excluding carboxylic acids is 2. The molecule has 2 amide bonds. The molecular formula is C24H25N5O3. The van der Waals surface area contributed by atoms with E-state index in [0.717, 1.165) is 35.4 Å². The topological polar surface area (TPSA) is 98.1 Å². The Morgan fingerprint density at radius 1 is 1.19 bits per heavy atom. The van der Waals surface area contributed by atoms with Gasteiger partial charge in [-0.05, 0) is 42.2 Å². The molecule has 1 unspecified atom stereocenters. The Labute approximate surface area is 186 Å². The molecule has 8 nitrogen and oxygen atoms in total. The van der Waals surface area contributed by atoms with Gasteiger partial charge < -0.3 is 15.4 Å². The molecule has 32 heavy (non-hydrogen) atoms. The van der Waals surface area contributed by atoms with Gasteiger partial charge in [0.2, 0.25) is 5.91 Å². The number of nitrogens with zero attached hydrogens (tertiary/aromatic N) is 3. The van der Waals surface area contributed by atoms with Gasteiger partial charge in [-0.2, -0.15) is 5.10 Å². The van der Waals surface area contributed by atoms with Crippen LogP contribution in [0.3, 0.4) is 0 Å². The van der Waals surface area contributed by atoms with Gasteiger partial charge in [-0.25, -0.2) is 0 Å². The van der Waals surface area contributed by atoms with E-state index in [1.165, 1.54) is 0 Å². The summed E-state index contributed by atoms with van der Waals surface area (Å²) in [5, 5.41) is 10.5. The van der Waals surface area contributed by atoms with Gasteiger partial charge >= 0.3 is 0 Å². The monoisotopic (exact) mass is 431 g/mol. The van der Waals surface area contributed by atoms with Gasteiger partial charge in [-0.1, -0.05) is 18.2 Å². The highest BCUT2D eigenvalue weighted by Gasteiger charge is 2.51. The van der Waals surface area contributed by atoms with Crippen LogP contribution in [0.5, 0.6) is 5.75 Å². The number of hydrogen-bond acceptors (Lipinski definition) is 5. The van der Waals surface area contributed by atoms with Gasteiger partial charge in [0.15, 0.2) is 0 Å². The van der Waals surface area contributed by atoms with E-state index in [0.29, 0.717) is 25.1 Å². The normalized spacial score (nSPS) is 18.0. The maximum absolute atomic E-state index is 13.1. The predicted octanol–water partition coefficient (Wildman–Crippen LogP) is 1.99. The van der Waals surface area contributed by atoms with Crippen LogP contribution in [-0.4, -0.2) is 39.7 Å². The van der Waals surface area contributed by atoms with Gasteiger partial charge in [0.25, 0.3) is 5.91 Å².